The average Bonchev–Trinajstić information content (AvgIpc) is 3.08. The van der Waals surface area contributed by atoms with E-state index in [-0.39, 0.29) is 11.5 Å². The number of carbonyl (C=O) groups excluding carboxylic acids is 1. The van der Waals surface area contributed by atoms with Crippen LogP contribution in [0.2, 0.25) is 0 Å². The van der Waals surface area contributed by atoms with E-state index in [2.05, 4.69) is 54.3 Å². The van der Waals surface area contributed by atoms with E-state index < -0.39 is 6.09 Å². The summed E-state index contributed by atoms with van der Waals surface area (Å²) >= 11 is 0. The van der Waals surface area contributed by atoms with E-state index >= 15 is 0 Å². The fourth-order valence-electron chi connectivity index (χ4n) is 4.97. The van der Waals surface area contributed by atoms with Crippen LogP contribution in [0.1, 0.15) is 31.4 Å². The molecule has 2 heterocycles. The van der Waals surface area contributed by atoms with Crippen molar-refractivity contribution in [2.45, 2.75) is 44.3 Å². The lowest BCUT2D eigenvalue weighted by Gasteiger charge is -2.32. The Kier molecular flexibility index (Phi) is 4.79. The second-order valence-electron chi connectivity index (χ2n) is 8.44. The molecular formula is C23H29N3O2. The molecule has 2 aliphatic rings. The van der Waals surface area contributed by atoms with Crippen molar-refractivity contribution in [1.82, 2.24) is 10.2 Å². The highest BCUT2D eigenvalue weighted by molar-refractivity contribution is 5.72. The van der Waals surface area contributed by atoms with Crippen LogP contribution in [0.3, 0.4) is 0 Å². The lowest BCUT2D eigenvalue weighted by atomic mass is 9.81. The van der Waals surface area contributed by atoms with Gasteiger partial charge < -0.3 is 15.0 Å². The number of amides is 1. The normalized spacial score (nSPS) is 24.6. The number of ether oxygens (including phenoxy) is 1. The van der Waals surface area contributed by atoms with E-state index in [4.69, 9.17) is 4.74 Å². The van der Waals surface area contributed by atoms with Crippen LogP contribution in [-0.2, 0) is 11.8 Å². The lowest BCUT2D eigenvalue weighted by molar-refractivity contribution is 0.196. The summed E-state index contributed by atoms with van der Waals surface area (Å²) in [5, 5.41) is 2.94. The summed E-state index contributed by atoms with van der Waals surface area (Å²) in [5.74, 6) is 0.605. The van der Waals surface area contributed by atoms with Gasteiger partial charge in [0.2, 0.25) is 0 Å². The van der Waals surface area contributed by atoms with Crippen molar-refractivity contribution < 1.29 is 9.53 Å². The number of nitrogens with one attached hydrogen (secondary N) is 1. The van der Waals surface area contributed by atoms with Crippen molar-refractivity contribution in [3.8, 4) is 5.75 Å². The number of likely N-dealkylation sites (N-methyl/N-ethyl adjacent to an activating group) is 2. The Balaban J connectivity index is 1.44. The van der Waals surface area contributed by atoms with Crippen molar-refractivity contribution >= 4 is 11.8 Å². The molecule has 1 fully saturated rings. The average molecular weight is 380 g/mol. The van der Waals surface area contributed by atoms with Gasteiger partial charge in [-0.3, -0.25) is 4.90 Å². The van der Waals surface area contributed by atoms with Gasteiger partial charge in [-0.15, -0.1) is 0 Å². The summed E-state index contributed by atoms with van der Waals surface area (Å²) < 4.78 is 5.62. The van der Waals surface area contributed by atoms with Crippen LogP contribution in [0.15, 0.2) is 48.5 Å². The first kappa shape index (κ1) is 18.8. The van der Waals surface area contributed by atoms with Gasteiger partial charge in [0.1, 0.15) is 5.75 Å². The zero-order chi connectivity index (χ0) is 19.9. The smallest absolute Gasteiger partial charge is 0.410 e. The zero-order valence-corrected chi connectivity index (χ0v) is 17.1. The van der Waals surface area contributed by atoms with Crippen molar-refractivity contribution in [1.29, 1.82) is 0 Å². The van der Waals surface area contributed by atoms with Gasteiger partial charge in [0, 0.05) is 30.7 Å². The molecule has 0 spiro atoms. The molecule has 4 rings (SSSR count). The number of benzene rings is 2. The number of hydrogen-bond acceptors (Lipinski definition) is 4. The van der Waals surface area contributed by atoms with Crippen molar-refractivity contribution in [3.63, 3.8) is 0 Å². The minimum Gasteiger partial charge on any atom is -0.410 e. The predicted octanol–water partition coefficient (Wildman–Crippen LogP) is 3.78. The summed E-state index contributed by atoms with van der Waals surface area (Å²) in [5.41, 5.74) is 3.76. The van der Waals surface area contributed by atoms with E-state index in [9.17, 15) is 4.79 Å². The van der Waals surface area contributed by atoms with E-state index in [1.165, 1.54) is 16.8 Å². The SMILES string of the molecule is C[C@H](Cc1ccccc1)NC(=O)Oc1ccc2c(c1)[C@]1(C)CCN(C)[C@@H]1N2C. The topological polar surface area (TPSA) is 44.8 Å². The first-order valence-corrected chi connectivity index (χ1v) is 9.98. The molecule has 1 N–H and O–H groups in total. The molecule has 28 heavy (non-hydrogen) atoms. The number of nitrogens with zero attached hydrogens (tertiary/aromatic N) is 2. The molecular weight excluding hydrogens is 350 g/mol. The van der Waals surface area contributed by atoms with Crippen LogP contribution < -0.4 is 15.0 Å². The van der Waals surface area contributed by atoms with Gasteiger partial charge in [0.15, 0.2) is 0 Å². The Morgan fingerprint density at radius 2 is 2.00 bits per heavy atom. The maximum atomic E-state index is 12.4. The summed E-state index contributed by atoms with van der Waals surface area (Å²) in [6, 6.07) is 16.2. The molecule has 3 atom stereocenters. The van der Waals surface area contributed by atoms with Crippen LogP contribution in [0.5, 0.6) is 5.75 Å². The van der Waals surface area contributed by atoms with Gasteiger partial charge in [0.25, 0.3) is 0 Å². The first-order valence-electron chi connectivity index (χ1n) is 9.98. The highest BCUT2D eigenvalue weighted by Gasteiger charge is 2.52. The molecule has 2 aromatic rings. The number of likely N-dealkylation sites (tertiary alicyclic amines) is 1. The second kappa shape index (κ2) is 7.13. The molecule has 0 saturated carbocycles. The number of hydrogen-bond donors (Lipinski definition) is 1. The van der Waals surface area contributed by atoms with Gasteiger partial charge in [-0.05, 0) is 56.1 Å². The van der Waals surface area contributed by atoms with Crippen molar-refractivity contribution in [3.05, 3.63) is 59.7 Å². The van der Waals surface area contributed by atoms with Crippen LogP contribution in [0.4, 0.5) is 10.5 Å². The molecule has 5 heteroatoms. The minimum absolute atomic E-state index is 0.000778. The summed E-state index contributed by atoms with van der Waals surface area (Å²) in [6.07, 6.45) is 1.84. The van der Waals surface area contributed by atoms with E-state index in [1.54, 1.807) is 0 Å². The van der Waals surface area contributed by atoms with Crippen LogP contribution in [0, 0.1) is 0 Å². The Hall–Kier alpha value is -2.53. The third-order valence-corrected chi connectivity index (χ3v) is 6.26. The maximum Gasteiger partial charge on any atom is 0.412 e. The quantitative estimate of drug-likeness (QED) is 0.878. The molecule has 148 valence electrons. The van der Waals surface area contributed by atoms with Crippen LogP contribution in [-0.4, -0.2) is 43.8 Å². The third kappa shape index (κ3) is 3.24. The van der Waals surface area contributed by atoms with E-state index in [1.807, 2.05) is 37.3 Å². The zero-order valence-electron chi connectivity index (χ0n) is 17.1. The summed E-state index contributed by atoms with van der Waals surface area (Å²) in [4.78, 5) is 17.1. The molecule has 0 bridgehead atoms. The van der Waals surface area contributed by atoms with Crippen LogP contribution in [0.25, 0.3) is 0 Å². The molecule has 2 aromatic carbocycles. The van der Waals surface area contributed by atoms with Gasteiger partial charge in [0.05, 0.1) is 6.17 Å². The van der Waals surface area contributed by atoms with Gasteiger partial charge >= 0.3 is 6.09 Å². The van der Waals surface area contributed by atoms with E-state index in [0.29, 0.717) is 11.9 Å². The predicted molar refractivity (Wildman–Crippen MR) is 112 cm³/mol. The standard InChI is InChI=1S/C23H29N3O2/c1-16(14-17-8-6-5-7-9-17)24-22(27)28-18-10-11-20-19(15-18)23(2)12-13-25(3)21(23)26(20)4/h5-11,15-16,21H,12-14H2,1-4H3,(H,24,27)/t16-,21-,23+/m1/s1. The van der Waals surface area contributed by atoms with Crippen molar-refractivity contribution in [2.24, 2.45) is 0 Å². The fourth-order valence-corrected chi connectivity index (χ4v) is 4.97. The molecule has 5 nitrogen and oxygen atoms in total. The van der Waals surface area contributed by atoms with Crippen molar-refractivity contribution in [2.75, 3.05) is 25.5 Å². The Morgan fingerprint density at radius 3 is 2.75 bits per heavy atom. The molecule has 0 radical (unpaired) electrons. The molecule has 0 unspecified atom stereocenters. The Bertz CT molecular complexity index is 869. The number of fused-ring (bicyclic) bond motifs is 3. The molecule has 0 aliphatic carbocycles. The third-order valence-electron chi connectivity index (χ3n) is 6.26. The second-order valence-corrected chi connectivity index (χ2v) is 8.44. The maximum absolute atomic E-state index is 12.4. The number of carbonyl (C=O) groups is 1. The largest absolute Gasteiger partial charge is 0.412 e. The molecule has 2 aliphatic heterocycles. The summed E-state index contributed by atoms with van der Waals surface area (Å²) in [7, 11) is 4.33. The van der Waals surface area contributed by atoms with Gasteiger partial charge in [-0.1, -0.05) is 37.3 Å². The fraction of sp³-hybridized carbons (Fsp3) is 0.435. The molecule has 0 aromatic heterocycles. The lowest BCUT2D eigenvalue weighted by Crippen LogP contribution is -2.45. The monoisotopic (exact) mass is 379 g/mol. The Morgan fingerprint density at radius 1 is 1.25 bits per heavy atom. The summed E-state index contributed by atoms with van der Waals surface area (Å²) in [6.45, 7) is 5.38. The highest BCUT2D eigenvalue weighted by Crippen LogP contribution is 2.51. The van der Waals surface area contributed by atoms with E-state index in [0.717, 1.165) is 19.4 Å². The van der Waals surface area contributed by atoms with Crippen LogP contribution >= 0.6 is 0 Å². The van der Waals surface area contributed by atoms with Gasteiger partial charge in [-0.25, -0.2) is 4.79 Å². The number of rotatable bonds is 4. The first-order chi connectivity index (χ1) is 13.4. The highest BCUT2D eigenvalue weighted by atomic mass is 16.6. The molecule has 1 amide bonds. The minimum atomic E-state index is -0.403. The molecule has 1 saturated heterocycles. The Labute approximate surface area is 167 Å². The van der Waals surface area contributed by atoms with Gasteiger partial charge in [-0.2, -0.15) is 0 Å². The number of anilines is 1.